The Morgan fingerprint density at radius 3 is 2.40 bits per heavy atom. The molecule has 0 heterocycles. The molecule has 0 amide bonds. The Hall–Kier alpha value is -0.530. The van der Waals surface area contributed by atoms with E-state index in [2.05, 4.69) is 20.8 Å². The van der Waals surface area contributed by atoms with Gasteiger partial charge in [-0.2, -0.15) is 0 Å². The first kappa shape index (κ1) is 15.9. The number of aliphatic hydroxyl groups is 1. The van der Waals surface area contributed by atoms with Crippen LogP contribution in [0.5, 0.6) is 0 Å². The van der Waals surface area contributed by atoms with Crippen molar-refractivity contribution < 1.29 is 5.11 Å². The number of hydrogen-bond acceptors (Lipinski definition) is 1. The lowest BCUT2D eigenvalue weighted by atomic mass is 9.76. The van der Waals surface area contributed by atoms with E-state index in [-0.39, 0.29) is 0 Å². The van der Waals surface area contributed by atoms with Gasteiger partial charge in [0.15, 0.2) is 0 Å². The van der Waals surface area contributed by atoms with Gasteiger partial charge in [0.25, 0.3) is 0 Å². The maximum Gasteiger partial charge on any atom is 0.0688 e. The van der Waals surface area contributed by atoms with E-state index in [4.69, 9.17) is 11.6 Å². The molecule has 1 aromatic carbocycles. The van der Waals surface area contributed by atoms with E-state index in [0.717, 1.165) is 43.0 Å². The third kappa shape index (κ3) is 4.23. The van der Waals surface area contributed by atoms with Crippen molar-refractivity contribution in [3.8, 4) is 0 Å². The fourth-order valence-corrected chi connectivity index (χ4v) is 3.54. The van der Waals surface area contributed by atoms with Gasteiger partial charge in [-0.05, 0) is 54.7 Å². The van der Waals surface area contributed by atoms with Crippen LogP contribution in [0, 0.1) is 11.3 Å². The van der Waals surface area contributed by atoms with Crippen LogP contribution in [0.2, 0.25) is 5.02 Å². The second kappa shape index (κ2) is 6.07. The summed E-state index contributed by atoms with van der Waals surface area (Å²) >= 11 is 5.92. The summed E-state index contributed by atoms with van der Waals surface area (Å²) < 4.78 is 0. The molecule has 2 unspecified atom stereocenters. The summed E-state index contributed by atoms with van der Waals surface area (Å²) in [5, 5.41) is 11.7. The zero-order chi connectivity index (χ0) is 14.8. The molecule has 1 aliphatic carbocycles. The Kier molecular flexibility index (Phi) is 4.81. The van der Waals surface area contributed by atoms with Crippen molar-refractivity contribution in [3.63, 3.8) is 0 Å². The summed E-state index contributed by atoms with van der Waals surface area (Å²) in [4.78, 5) is 0. The average Bonchev–Trinajstić information content (AvgIpc) is 2.54. The molecule has 1 aliphatic rings. The van der Waals surface area contributed by atoms with Gasteiger partial charge in [0.05, 0.1) is 5.60 Å². The highest BCUT2D eigenvalue weighted by Gasteiger charge is 2.34. The van der Waals surface area contributed by atoms with Gasteiger partial charge in [0.2, 0.25) is 0 Å². The van der Waals surface area contributed by atoms with E-state index in [0.29, 0.717) is 5.41 Å². The molecule has 0 bridgehead atoms. The molecule has 1 saturated carbocycles. The number of hydrogen-bond donors (Lipinski definition) is 1. The third-order valence-electron chi connectivity index (χ3n) is 4.82. The molecule has 1 N–H and O–H groups in total. The van der Waals surface area contributed by atoms with E-state index < -0.39 is 5.60 Å². The van der Waals surface area contributed by atoms with Gasteiger partial charge in [-0.1, -0.05) is 50.9 Å². The highest BCUT2D eigenvalue weighted by Crippen LogP contribution is 2.40. The first-order valence-electron chi connectivity index (χ1n) is 7.75. The molecule has 0 aliphatic heterocycles. The molecule has 1 fully saturated rings. The summed E-state index contributed by atoms with van der Waals surface area (Å²) in [6.07, 6.45) is 6.09. The summed E-state index contributed by atoms with van der Waals surface area (Å²) in [5.41, 5.74) is 1.01. The van der Waals surface area contributed by atoms with Crippen LogP contribution in [0.25, 0.3) is 0 Å². The minimum atomic E-state index is -0.534. The Labute approximate surface area is 128 Å². The number of halogens is 1. The first-order chi connectivity index (χ1) is 9.28. The van der Waals surface area contributed by atoms with Crippen molar-refractivity contribution >= 4 is 11.6 Å². The molecule has 112 valence electrons. The summed E-state index contributed by atoms with van der Waals surface area (Å²) in [5.74, 6) is 0.724. The van der Waals surface area contributed by atoms with Crippen molar-refractivity contribution in [2.45, 2.75) is 64.9 Å². The van der Waals surface area contributed by atoms with Crippen molar-refractivity contribution in [1.29, 1.82) is 0 Å². The van der Waals surface area contributed by atoms with Gasteiger partial charge in [0.1, 0.15) is 0 Å². The zero-order valence-electron chi connectivity index (χ0n) is 13.0. The fraction of sp³-hybridized carbons (Fsp3) is 0.667. The molecule has 20 heavy (non-hydrogen) atoms. The van der Waals surface area contributed by atoms with Gasteiger partial charge < -0.3 is 5.11 Å². The van der Waals surface area contributed by atoms with Crippen LogP contribution >= 0.6 is 11.6 Å². The fourth-order valence-electron chi connectivity index (χ4n) is 3.41. The minimum Gasteiger partial charge on any atom is -0.390 e. The van der Waals surface area contributed by atoms with Crippen molar-refractivity contribution in [2.75, 3.05) is 0 Å². The van der Waals surface area contributed by atoms with Crippen LogP contribution in [-0.4, -0.2) is 10.7 Å². The van der Waals surface area contributed by atoms with E-state index in [1.807, 2.05) is 24.3 Å². The topological polar surface area (TPSA) is 20.2 Å². The maximum atomic E-state index is 10.9. The molecule has 0 aromatic heterocycles. The normalized spacial score (nSPS) is 28.1. The zero-order valence-corrected chi connectivity index (χ0v) is 13.7. The van der Waals surface area contributed by atoms with Crippen LogP contribution in [0.4, 0.5) is 0 Å². The summed E-state index contributed by atoms with van der Waals surface area (Å²) in [6.45, 7) is 6.96. The van der Waals surface area contributed by atoms with Crippen molar-refractivity contribution in [1.82, 2.24) is 0 Å². The van der Waals surface area contributed by atoms with Crippen molar-refractivity contribution in [2.24, 2.45) is 11.3 Å². The minimum absolute atomic E-state index is 0.353. The molecule has 2 rings (SSSR count). The lowest BCUT2D eigenvalue weighted by Crippen LogP contribution is -2.31. The van der Waals surface area contributed by atoms with Gasteiger partial charge >= 0.3 is 0 Å². The maximum absolute atomic E-state index is 10.9. The molecule has 0 saturated heterocycles. The lowest BCUT2D eigenvalue weighted by Gasteiger charge is -2.31. The van der Waals surface area contributed by atoms with Crippen molar-refractivity contribution in [3.05, 3.63) is 34.9 Å². The van der Waals surface area contributed by atoms with E-state index in [1.54, 1.807) is 0 Å². The molecule has 2 atom stereocenters. The van der Waals surface area contributed by atoms with E-state index in [1.165, 1.54) is 12.0 Å². The Morgan fingerprint density at radius 2 is 1.80 bits per heavy atom. The van der Waals surface area contributed by atoms with Crippen LogP contribution in [0.15, 0.2) is 24.3 Å². The van der Waals surface area contributed by atoms with Gasteiger partial charge in [-0.25, -0.2) is 0 Å². The van der Waals surface area contributed by atoms with Crippen LogP contribution in [-0.2, 0) is 6.42 Å². The predicted molar refractivity (Wildman–Crippen MR) is 86.1 cm³/mol. The molecule has 2 heteroatoms. The molecular weight excluding hydrogens is 268 g/mol. The van der Waals surface area contributed by atoms with Gasteiger partial charge in [-0.3, -0.25) is 0 Å². The Balaban J connectivity index is 2.02. The molecule has 1 aromatic rings. The van der Waals surface area contributed by atoms with Crippen LogP contribution in [0.3, 0.4) is 0 Å². The van der Waals surface area contributed by atoms with Crippen LogP contribution in [0.1, 0.15) is 58.4 Å². The summed E-state index contributed by atoms with van der Waals surface area (Å²) in [7, 11) is 0. The molecule has 1 nitrogen and oxygen atoms in total. The van der Waals surface area contributed by atoms with E-state index >= 15 is 0 Å². The number of benzene rings is 1. The SMILES string of the molecule is CC(C)(C)C1CCCC(O)(Cc2ccc(Cl)cc2)CC1. The standard InChI is InChI=1S/C18H27ClO/c1-17(2,3)15-5-4-11-18(20,12-10-15)13-14-6-8-16(19)9-7-14/h6-9,15,20H,4-5,10-13H2,1-3H3. The lowest BCUT2D eigenvalue weighted by molar-refractivity contribution is 0.0225. The predicted octanol–water partition coefficient (Wildman–Crippen LogP) is 5.24. The second-order valence-electron chi connectivity index (χ2n) is 7.52. The first-order valence-corrected chi connectivity index (χ1v) is 8.13. The monoisotopic (exact) mass is 294 g/mol. The Bertz CT molecular complexity index is 432. The number of rotatable bonds is 2. The summed E-state index contributed by atoms with van der Waals surface area (Å²) in [6, 6.07) is 7.89. The third-order valence-corrected chi connectivity index (χ3v) is 5.08. The Morgan fingerprint density at radius 1 is 1.15 bits per heavy atom. The van der Waals surface area contributed by atoms with E-state index in [9.17, 15) is 5.11 Å². The highest BCUT2D eigenvalue weighted by molar-refractivity contribution is 6.30. The van der Waals surface area contributed by atoms with Gasteiger partial charge in [-0.15, -0.1) is 0 Å². The largest absolute Gasteiger partial charge is 0.390 e. The molecular formula is C18H27ClO. The highest BCUT2D eigenvalue weighted by atomic mass is 35.5. The smallest absolute Gasteiger partial charge is 0.0688 e. The van der Waals surface area contributed by atoms with Gasteiger partial charge in [0, 0.05) is 11.4 Å². The quantitative estimate of drug-likeness (QED) is 0.740. The average molecular weight is 295 g/mol. The van der Waals surface area contributed by atoms with Crippen LogP contribution < -0.4 is 0 Å². The molecule has 0 spiro atoms. The molecule has 0 radical (unpaired) electrons. The second-order valence-corrected chi connectivity index (χ2v) is 7.96.